The van der Waals surface area contributed by atoms with Crippen LogP contribution >= 0.6 is 0 Å². The maximum atomic E-state index is 13.3. The molecule has 0 radical (unpaired) electrons. The monoisotopic (exact) mass is 240 g/mol. The van der Waals surface area contributed by atoms with Crippen molar-refractivity contribution in [3.8, 4) is 0 Å². The van der Waals surface area contributed by atoms with Gasteiger partial charge in [0.25, 0.3) is 0 Å². The molecule has 0 amide bonds. The van der Waals surface area contributed by atoms with Gasteiger partial charge in [-0.15, -0.1) is 0 Å². The van der Waals surface area contributed by atoms with Gasteiger partial charge < -0.3 is 16.2 Å². The van der Waals surface area contributed by atoms with Crippen LogP contribution in [0.3, 0.4) is 0 Å². The van der Waals surface area contributed by atoms with Gasteiger partial charge in [-0.25, -0.2) is 4.39 Å². The van der Waals surface area contributed by atoms with Crippen LogP contribution in [-0.2, 0) is 11.3 Å². The highest BCUT2D eigenvalue weighted by molar-refractivity contribution is 5.73. The first kappa shape index (κ1) is 13.6. The second-order valence-electron chi connectivity index (χ2n) is 4.12. The molecule has 0 saturated carbocycles. The Morgan fingerprint density at radius 2 is 2.00 bits per heavy atom. The smallest absolute Gasteiger partial charge is 0.321 e. The summed E-state index contributed by atoms with van der Waals surface area (Å²) in [6.07, 6.45) is 0. The summed E-state index contributed by atoms with van der Waals surface area (Å²) in [7, 11) is 0. The van der Waals surface area contributed by atoms with E-state index in [0.717, 1.165) is 5.56 Å². The Morgan fingerprint density at radius 1 is 1.47 bits per heavy atom. The molecular weight excluding hydrogens is 223 g/mol. The largest absolute Gasteiger partial charge is 0.480 e. The van der Waals surface area contributed by atoms with Crippen molar-refractivity contribution in [2.45, 2.75) is 26.4 Å². The second kappa shape index (κ2) is 5.75. The van der Waals surface area contributed by atoms with Gasteiger partial charge in [0.1, 0.15) is 11.9 Å². The average Bonchev–Trinajstić information content (AvgIpc) is 2.25. The Hall–Kier alpha value is -1.46. The Kier molecular flexibility index (Phi) is 4.60. The standard InChI is InChI=1S/C12H17FN2O2/c1-7-3-9(4-8(2)11(7)13)5-15-6-10(14)12(16)17/h3-4,10,15H,5-6,14H2,1-2H3,(H,16,17). The van der Waals surface area contributed by atoms with E-state index in [4.69, 9.17) is 10.8 Å². The molecule has 0 aromatic heterocycles. The van der Waals surface area contributed by atoms with Gasteiger partial charge in [-0.3, -0.25) is 4.79 Å². The summed E-state index contributed by atoms with van der Waals surface area (Å²) in [5, 5.41) is 11.5. The molecule has 0 aliphatic carbocycles. The van der Waals surface area contributed by atoms with E-state index >= 15 is 0 Å². The van der Waals surface area contributed by atoms with Gasteiger partial charge in [0.05, 0.1) is 0 Å². The fourth-order valence-electron chi connectivity index (χ4n) is 1.60. The maximum Gasteiger partial charge on any atom is 0.321 e. The minimum absolute atomic E-state index is 0.185. The van der Waals surface area contributed by atoms with Gasteiger partial charge in [-0.1, -0.05) is 12.1 Å². The zero-order chi connectivity index (χ0) is 13.0. The fraction of sp³-hybridized carbons (Fsp3) is 0.417. The number of benzene rings is 1. The third-order valence-electron chi connectivity index (χ3n) is 2.51. The van der Waals surface area contributed by atoms with Crippen LogP contribution in [-0.4, -0.2) is 23.7 Å². The zero-order valence-corrected chi connectivity index (χ0v) is 9.96. The molecule has 17 heavy (non-hydrogen) atoms. The van der Waals surface area contributed by atoms with Crippen molar-refractivity contribution in [1.29, 1.82) is 0 Å². The topological polar surface area (TPSA) is 75.3 Å². The number of hydrogen-bond acceptors (Lipinski definition) is 3. The third-order valence-corrected chi connectivity index (χ3v) is 2.51. The summed E-state index contributed by atoms with van der Waals surface area (Å²) in [4.78, 5) is 10.5. The van der Waals surface area contributed by atoms with E-state index < -0.39 is 12.0 Å². The number of carboxylic acid groups (broad SMARTS) is 1. The molecule has 0 aliphatic heterocycles. The van der Waals surface area contributed by atoms with Gasteiger partial charge in [0.2, 0.25) is 0 Å². The molecule has 4 N–H and O–H groups in total. The van der Waals surface area contributed by atoms with Crippen molar-refractivity contribution >= 4 is 5.97 Å². The molecule has 0 aliphatic rings. The molecule has 1 rings (SSSR count). The summed E-state index contributed by atoms with van der Waals surface area (Å²) in [6, 6.07) is 2.56. The molecule has 5 heteroatoms. The quantitative estimate of drug-likeness (QED) is 0.716. The Morgan fingerprint density at radius 3 is 2.47 bits per heavy atom. The number of carbonyl (C=O) groups is 1. The fourth-order valence-corrected chi connectivity index (χ4v) is 1.60. The van der Waals surface area contributed by atoms with Gasteiger partial charge in [0.15, 0.2) is 0 Å². The third kappa shape index (κ3) is 3.80. The van der Waals surface area contributed by atoms with E-state index in [0.29, 0.717) is 17.7 Å². The lowest BCUT2D eigenvalue weighted by Crippen LogP contribution is -2.40. The first-order chi connectivity index (χ1) is 7.91. The first-order valence-electron chi connectivity index (χ1n) is 5.36. The lowest BCUT2D eigenvalue weighted by atomic mass is 10.1. The highest BCUT2D eigenvalue weighted by atomic mass is 19.1. The van der Waals surface area contributed by atoms with Crippen LogP contribution in [0.4, 0.5) is 4.39 Å². The molecule has 1 aromatic rings. The molecule has 1 aromatic carbocycles. The number of halogens is 1. The van der Waals surface area contributed by atoms with E-state index in [9.17, 15) is 9.18 Å². The van der Waals surface area contributed by atoms with E-state index in [-0.39, 0.29) is 12.4 Å². The lowest BCUT2D eigenvalue weighted by molar-refractivity contribution is -0.138. The molecule has 94 valence electrons. The van der Waals surface area contributed by atoms with Crippen LogP contribution in [0.1, 0.15) is 16.7 Å². The van der Waals surface area contributed by atoms with Crippen LogP contribution in [0, 0.1) is 19.7 Å². The van der Waals surface area contributed by atoms with Crippen LogP contribution < -0.4 is 11.1 Å². The van der Waals surface area contributed by atoms with Crippen LogP contribution in [0.5, 0.6) is 0 Å². The van der Waals surface area contributed by atoms with Gasteiger partial charge in [-0.2, -0.15) is 0 Å². The predicted molar refractivity (Wildman–Crippen MR) is 63.2 cm³/mol. The molecular formula is C12H17FN2O2. The average molecular weight is 240 g/mol. The SMILES string of the molecule is Cc1cc(CNCC(N)C(=O)O)cc(C)c1F. The van der Waals surface area contributed by atoms with E-state index in [1.165, 1.54) is 0 Å². The van der Waals surface area contributed by atoms with Crippen molar-refractivity contribution < 1.29 is 14.3 Å². The first-order valence-corrected chi connectivity index (χ1v) is 5.36. The molecule has 0 fully saturated rings. The predicted octanol–water partition coefficient (Wildman–Crippen LogP) is 0.944. The number of aliphatic carboxylic acids is 1. The second-order valence-corrected chi connectivity index (χ2v) is 4.12. The minimum Gasteiger partial charge on any atom is -0.480 e. The summed E-state index contributed by atoms with van der Waals surface area (Å²) >= 11 is 0. The summed E-state index contributed by atoms with van der Waals surface area (Å²) in [6.45, 7) is 4.07. The molecule has 0 saturated heterocycles. The normalized spacial score (nSPS) is 12.5. The minimum atomic E-state index is -1.04. The maximum absolute atomic E-state index is 13.3. The molecule has 1 atom stereocenters. The van der Waals surface area contributed by atoms with Gasteiger partial charge >= 0.3 is 5.97 Å². The molecule has 0 spiro atoms. The highest BCUT2D eigenvalue weighted by Gasteiger charge is 2.10. The number of nitrogens with two attached hydrogens (primary N) is 1. The number of aryl methyl sites for hydroxylation is 2. The van der Waals surface area contributed by atoms with Gasteiger partial charge in [0, 0.05) is 13.1 Å². The lowest BCUT2D eigenvalue weighted by Gasteiger charge is -2.10. The summed E-state index contributed by atoms with van der Waals surface area (Å²) in [5.74, 6) is -1.24. The Bertz CT molecular complexity index is 398. The van der Waals surface area contributed by atoms with Crippen LogP contribution in [0.25, 0.3) is 0 Å². The van der Waals surface area contributed by atoms with Crippen molar-refractivity contribution in [2.24, 2.45) is 5.73 Å². The number of nitrogens with one attached hydrogen (secondary N) is 1. The molecule has 1 unspecified atom stereocenters. The van der Waals surface area contributed by atoms with Crippen LogP contribution in [0.2, 0.25) is 0 Å². The summed E-state index contributed by atoms with van der Waals surface area (Å²) in [5.41, 5.74) is 7.43. The van der Waals surface area contributed by atoms with E-state index in [1.54, 1.807) is 26.0 Å². The van der Waals surface area contributed by atoms with Crippen LogP contribution in [0.15, 0.2) is 12.1 Å². The van der Waals surface area contributed by atoms with Gasteiger partial charge in [-0.05, 0) is 30.5 Å². The summed E-state index contributed by atoms with van der Waals surface area (Å²) < 4.78 is 13.3. The highest BCUT2D eigenvalue weighted by Crippen LogP contribution is 2.14. The Balaban J connectivity index is 2.56. The zero-order valence-electron chi connectivity index (χ0n) is 9.96. The number of hydrogen-bond donors (Lipinski definition) is 3. The van der Waals surface area contributed by atoms with E-state index in [1.807, 2.05) is 0 Å². The molecule has 0 bridgehead atoms. The number of rotatable bonds is 5. The number of carboxylic acids is 1. The van der Waals surface area contributed by atoms with Crippen molar-refractivity contribution in [1.82, 2.24) is 5.32 Å². The Labute approximate surface area is 99.6 Å². The van der Waals surface area contributed by atoms with E-state index in [2.05, 4.69) is 5.32 Å². The molecule has 0 heterocycles. The van der Waals surface area contributed by atoms with Crippen molar-refractivity contribution in [3.05, 3.63) is 34.6 Å². The molecule has 4 nitrogen and oxygen atoms in total. The van der Waals surface area contributed by atoms with Crippen molar-refractivity contribution in [3.63, 3.8) is 0 Å². The van der Waals surface area contributed by atoms with Crippen molar-refractivity contribution in [2.75, 3.05) is 6.54 Å².